The first kappa shape index (κ1) is 15.9. The number of hydrogen-bond acceptors (Lipinski definition) is 5. The molecule has 3 N–H and O–H groups in total. The Morgan fingerprint density at radius 1 is 1.24 bits per heavy atom. The summed E-state index contributed by atoms with van der Waals surface area (Å²) in [6.45, 7) is 8.51. The average molecular weight is 339 g/mol. The van der Waals surface area contributed by atoms with Crippen LogP contribution < -0.4 is 10.6 Å². The predicted octanol–water partition coefficient (Wildman–Crippen LogP) is 4.00. The van der Waals surface area contributed by atoms with Crippen LogP contribution in [0.25, 0.3) is 11.0 Å². The van der Waals surface area contributed by atoms with Crippen LogP contribution in [-0.4, -0.2) is 30.8 Å². The van der Waals surface area contributed by atoms with Gasteiger partial charge in [0.25, 0.3) is 0 Å². The first-order chi connectivity index (χ1) is 12.0. The highest BCUT2D eigenvalue weighted by molar-refractivity contribution is 5.91. The molecule has 0 radical (unpaired) electrons. The van der Waals surface area contributed by atoms with Gasteiger partial charge in [-0.25, -0.2) is 0 Å². The average Bonchev–Trinajstić information content (AvgIpc) is 3.21. The summed E-state index contributed by atoms with van der Waals surface area (Å²) in [5.41, 5.74) is 2.88. The Bertz CT molecular complexity index is 888. The molecule has 132 valence electrons. The van der Waals surface area contributed by atoms with Crippen LogP contribution >= 0.6 is 0 Å². The highest BCUT2D eigenvalue weighted by atomic mass is 15.3. The van der Waals surface area contributed by atoms with Gasteiger partial charge in [-0.3, -0.25) is 4.68 Å². The van der Waals surface area contributed by atoms with Crippen molar-refractivity contribution in [2.45, 2.75) is 52.6 Å². The fourth-order valence-electron chi connectivity index (χ4n) is 3.09. The van der Waals surface area contributed by atoms with E-state index >= 15 is 0 Å². The third kappa shape index (κ3) is 3.18. The Kier molecular flexibility index (Phi) is 3.86. The fourth-order valence-corrected chi connectivity index (χ4v) is 3.09. The van der Waals surface area contributed by atoms with E-state index < -0.39 is 0 Å². The van der Waals surface area contributed by atoms with Crippen molar-refractivity contribution in [3.8, 4) is 0 Å². The minimum atomic E-state index is 0.321. The maximum Gasteiger partial charge on any atom is 0.231 e. The lowest BCUT2D eigenvalue weighted by atomic mass is 10.2. The molecule has 4 rings (SSSR count). The maximum absolute atomic E-state index is 4.74. The van der Waals surface area contributed by atoms with Gasteiger partial charge in [-0.15, -0.1) is 0 Å². The number of aryl methyl sites for hydroxylation is 1. The molecule has 3 aromatic heterocycles. The molecule has 0 unspecified atom stereocenters. The van der Waals surface area contributed by atoms with Crippen molar-refractivity contribution in [3.63, 3.8) is 0 Å². The van der Waals surface area contributed by atoms with E-state index in [1.54, 1.807) is 6.20 Å². The van der Waals surface area contributed by atoms with E-state index in [9.17, 15) is 0 Å². The number of fused-ring (bicyclic) bond motifs is 1. The molecule has 0 aromatic carbocycles. The van der Waals surface area contributed by atoms with Crippen LogP contribution in [0.3, 0.4) is 0 Å². The van der Waals surface area contributed by atoms with E-state index in [0.29, 0.717) is 18.0 Å². The third-order valence-corrected chi connectivity index (χ3v) is 4.81. The molecule has 25 heavy (non-hydrogen) atoms. The van der Waals surface area contributed by atoms with Gasteiger partial charge in [-0.1, -0.05) is 0 Å². The second kappa shape index (κ2) is 6.06. The van der Waals surface area contributed by atoms with Crippen molar-refractivity contribution in [2.75, 3.05) is 10.6 Å². The SMILES string of the molecule is Cc1c[nH]c2nc(Nc3cnn(C(C)C)c3)nc(N[C@@H](C)C3CC3)c12. The van der Waals surface area contributed by atoms with Gasteiger partial charge in [0.15, 0.2) is 0 Å². The van der Waals surface area contributed by atoms with Crippen LogP contribution in [0.4, 0.5) is 17.5 Å². The summed E-state index contributed by atoms with van der Waals surface area (Å²) in [6.07, 6.45) is 8.35. The van der Waals surface area contributed by atoms with E-state index in [0.717, 1.165) is 34.0 Å². The molecule has 0 amide bonds. The Morgan fingerprint density at radius 2 is 2.04 bits per heavy atom. The standard InChI is InChI=1S/C18H25N7/c1-10(2)25-9-14(8-20-25)22-18-23-16-15(11(3)7-19-16)17(24-18)21-12(4)13-5-6-13/h7-10,12-13H,5-6H2,1-4H3,(H3,19,21,22,23,24)/t12-/m0/s1. The molecule has 1 atom stereocenters. The maximum atomic E-state index is 4.74. The van der Waals surface area contributed by atoms with E-state index in [1.165, 1.54) is 12.8 Å². The number of aromatic nitrogens is 5. The summed E-state index contributed by atoms with van der Waals surface area (Å²) < 4.78 is 1.91. The summed E-state index contributed by atoms with van der Waals surface area (Å²) in [5, 5.41) is 12.3. The quantitative estimate of drug-likeness (QED) is 0.632. The number of anilines is 3. The highest BCUT2D eigenvalue weighted by Gasteiger charge is 2.28. The number of aromatic amines is 1. The summed E-state index contributed by atoms with van der Waals surface area (Å²) in [5.74, 6) is 2.22. The number of H-pyrrole nitrogens is 1. The summed E-state index contributed by atoms with van der Waals surface area (Å²) in [4.78, 5) is 12.6. The molecule has 7 heteroatoms. The molecule has 0 saturated heterocycles. The zero-order valence-electron chi connectivity index (χ0n) is 15.2. The molecule has 1 saturated carbocycles. The van der Waals surface area contributed by atoms with Gasteiger partial charge in [0.05, 0.1) is 17.3 Å². The van der Waals surface area contributed by atoms with Crippen molar-refractivity contribution in [1.82, 2.24) is 24.7 Å². The summed E-state index contributed by atoms with van der Waals surface area (Å²) in [6, 6.07) is 0.741. The number of hydrogen-bond donors (Lipinski definition) is 3. The van der Waals surface area contributed by atoms with Gasteiger partial charge >= 0.3 is 0 Å². The largest absolute Gasteiger partial charge is 0.367 e. The van der Waals surface area contributed by atoms with Gasteiger partial charge in [0.2, 0.25) is 5.95 Å². The zero-order chi connectivity index (χ0) is 17.6. The van der Waals surface area contributed by atoms with Crippen LogP contribution in [0.2, 0.25) is 0 Å². The molecular weight excluding hydrogens is 314 g/mol. The smallest absolute Gasteiger partial charge is 0.231 e. The van der Waals surface area contributed by atoms with Crippen LogP contribution in [0.1, 0.15) is 45.2 Å². The van der Waals surface area contributed by atoms with Gasteiger partial charge < -0.3 is 15.6 Å². The first-order valence-corrected chi connectivity index (χ1v) is 8.94. The number of nitrogens with zero attached hydrogens (tertiary/aromatic N) is 4. The van der Waals surface area contributed by atoms with Crippen LogP contribution in [0, 0.1) is 12.8 Å². The Balaban J connectivity index is 1.66. The minimum absolute atomic E-state index is 0.321. The molecule has 1 aliphatic carbocycles. The van der Waals surface area contributed by atoms with E-state index in [2.05, 4.69) is 53.4 Å². The number of rotatable bonds is 6. The second-order valence-electron chi connectivity index (χ2n) is 7.29. The zero-order valence-corrected chi connectivity index (χ0v) is 15.2. The molecule has 7 nitrogen and oxygen atoms in total. The summed E-state index contributed by atoms with van der Waals surface area (Å²) in [7, 11) is 0. The van der Waals surface area contributed by atoms with Crippen LogP contribution in [-0.2, 0) is 0 Å². The molecule has 0 spiro atoms. The summed E-state index contributed by atoms with van der Waals surface area (Å²) >= 11 is 0. The van der Waals surface area contributed by atoms with E-state index in [4.69, 9.17) is 4.98 Å². The molecule has 1 aliphatic rings. The number of nitrogens with one attached hydrogen (secondary N) is 3. The lowest BCUT2D eigenvalue weighted by Crippen LogP contribution is -2.19. The van der Waals surface area contributed by atoms with E-state index in [1.807, 2.05) is 17.1 Å². The van der Waals surface area contributed by atoms with Crippen LogP contribution in [0.5, 0.6) is 0 Å². The van der Waals surface area contributed by atoms with Crippen molar-refractivity contribution < 1.29 is 0 Å². The lowest BCUT2D eigenvalue weighted by molar-refractivity contribution is 0.532. The van der Waals surface area contributed by atoms with Gasteiger partial charge in [0.1, 0.15) is 11.5 Å². The monoisotopic (exact) mass is 339 g/mol. The van der Waals surface area contributed by atoms with Crippen molar-refractivity contribution in [2.24, 2.45) is 5.92 Å². The normalized spacial score (nSPS) is 15.7. The second-order valence-corrected chi connectivity index (χ2v) is 7.29. The molecule has 3 aromatic rings. The highest BCUT2D eigenvalue weighted by Crippen LogP contribution is 2.35. The minimum Gasteiger partial charge on any atom is -0.367 e. The topological polar surface area (TPSA) is 83.5 Å². The van der Waals surface area contributed by atoms with Crippen molar-refractivity contribution >= 4 is 28.5 Å². The third-order valence-electron chi connectivity index (χ3n) is 4.81. The molecule has 0 aliphatic heterocycles. The van der Waals surface area contributed by atoms with Gasteiger partial charge in [-0.05, 0) is 52.0 Å². The Labute approximate surface area is 147 Å². The van der Waals surface area contributed by atoms with Gasteiger partial charge in [0, 0.05) is 24.5 Å². The molecule has 0 bridgehead atoms. The predicted molar refractivity (Wildman–Crippen MR) is 100 cm³/mol. The molecule has 1 fully saturated rings. The molecular formula is C18H25N7. The molecule has 3 heterocycles. The van der Waals surface area contributed by atoms with Crippen LogP contribution in [0.15, 0.2) is 18.6 Å². The first-order valence-electron chi connectivity index (χ1n) is 8.94. The van der Waals surface area contributed by atoms with Gasteiger partial charge in [-0.2, -0.15) is 15.1 Å². The Morgan fingerprint density at radius 3 is 2.72 bits per heavy atom. The Hall–Kier alpha value is -2.57. The van der Waals surface area contributed by atoms with E-state index in [-0.39, 0.29) is 0 Å². The van der Waals surface area contributed by atoms with Crippen molar-refractivity contribution in [3.05, 3.63) is 24.2 Å². The van der Waals surface area contributed by atoms with Crippen molar-refractivity contribution in [1.29, 1.82) is 0 Å². The fraction of sp³-hybridized carbons (Fsp3) is 0.500. The lowest BCUT2D eigenvalue weighted by Gasteiger charge is -2.15.